The number of Topliss-reactive ketones (excluding diaryl/α,β-unsaturated/α-hetero) is 1. The number of anilines is 1. The number of ketones is 1. The Morgan fingerprint density at radius 2 is 1.86 bits per heavy atom. The maximum absolute atomic E-state index is 13.6. The molecule has 0 aliphatic carbocycles. The molecule has 0 saturated carbocycles. The van der Waals surface area contributed by atoms with Crippen molar-refractivity contribution in [3.8, 4) is 0 Å². The molecule has 0 unspecified atom stereocenters. The molecule has 0 spiro atoms. The van der Waals surface area contributed by atoms with Crippen LogP contribution in [0.1, 0.15) is 56.6 Å². The van der Waals surface area contributed by atoms with E-state index < -0.39 is 29.7 Å². The Balaban J connectivity index is 1.65. The van der Waals surface area contributed by atoms with Gasteiger partial charge in [-0.15, -0.1) is 0 Å². The van der Waals surface area contributed by atoms with Gasteiger partial charge in [0.05, 0.1) is 18.7 Å². The molecule has 0 fully saturated rings. The summed E-state index contributed by atoms with van der Waals surface area (Å²) < 4.78 is 5.06. The van der Waals surface area contributed by atoms with E-state index in [0.717, 1.165) is 5.56 Å². The fourth-order valence-corrected chi connectivity index (χ4v) is 4.87. The number of amides is 1. The number of hydrogen-bond donors (Lipinski definition) is 2. The SMILES string of the molecule is CCOC(=O)c1[nH]c(C)c(C(=O)C[C@]2(O)C(=O)N(CCc3ccccc3)c3ccc(Cl)cc32)c1C. The number of H-pyrrole nitrogens is 1. The second-order valence-corrected chi connectivity index (χ2v) is 9.10. The topological polar surface area (TPSA) is 99.7 Å². The molecule has 1 atom stereocenters. The van der Waals surface area contributed by atoms with Crippen LogP contribution in [0.2, 0.25) is 5.02 Å². The third-order valence-electron chi connectivity index (χ3n) is 6.37. The highest BCUT2D eigenvalue weighted by atomic mass is 35.5. The summed E-state index contributed by atoms with van der Waals surface area (Å²) in [5, 5.41) is 12.0. The van der Waals surface area contributed by atoms with Crippen LogP contribution in [0.25, 0.3) is 0 Å². The number of rotatable bonds is 8. The van der Waals surface area contributed by atoms with E-state index in [4.69, 9.17) is 16.3 Å². The number of fused-ring (bicyclic) bond motifs is 1. The number of halogens is 1. The molecule has 7 nitrogen and oxygen atoms in total. The van der Waals surface area contributed by atoms with E-state index in [-0.39, 0.29) is 17.9 Å². The third kappa shape index (κ3) is 4.49. The summed E-state index contributed by atoms with van der Waals surface area (Å²) in [7, 11) is 0. The molecule has 1 amide bonds. The van der Waals surface area contributed by atoms with Gasteiger partial charge in [-0.2, -0.15) is 0 Å². The summed E-state index contributed by atoms with van der Waals surface area (Å²) in [4.78, 5) is 43.7. The number of carbonyl (C=O) groups excluding carboxylic acids is 3. The van der Waals surface area contributed by atoms with Crippen LogP contribution in [0.5, 0.6) is 0 Å². The Kier molecular flexibility index (Phi) is 6.83. The minimum Gasteiger partial charge on any atom is -0.461 e. The molecule has 0 radical (unpaired) electrons. The number of benzene rings is 2. The van der Waals surface area contributed by atoms with Crippen LogP contribution in [0.3, 0.4) is 0 Å². The largest absolute Gasteiger partial charge is 0.461 e. The number of hydrogen-bond acceptors (Lipinski definition) is 5. The predicted molar refractivity (Wildman–Crippen MR) is 133 cm³/mol. The number of aryl methyl sites for hydroxylation is 1. The molecule has 8 heteroatoms. The monoisotopic (exact) mass is 494 g/mol. The number of ether oxygens (including phenoxy) is 1. The van der Waals surface area contributed by atoms with Crippen molar-refractivity contribution in [1.29, 1.82) is 0 Å². The summed E-state index contributed by atoms with van der Waals surface area (Å²) in [6.45, 7) is 5.54. The van der Waals surface area contributed by atoms with Gasteiger partial charge in [0, 0.05) is 28.4 Å². The summed E-state index contributed by atoms with van der Waals surface area (Å²) in [6.07, 6.45) is 0.0976. The Bertz CT molecular complexity index is 1300. The number of carbonyl (C=O) groups is 3. The molecule has 1 aromatic heterocycles. The maximum atomic E-state index is 13.6. The molecule has 182 valence electrons. The van der Waals surface area contributed by atoms with Gasteiger partial charge in [0.2, 0.25) is 0 Å². The molecule has 2 N–H and O–H groups in total. The highest BCUT2D eigenvalue weighted by molar-refractivity contribution is 6.31. The summed E-state index contributed by atoms with van der Waals surface area (Å²) in [5.74, 6) is -1.60. The number of aromatic nitrogens is 1. The molecular formula is C27H27ClN2O5. The lowest BCUT2D eigenvalue weighted by atomic mass is 9.87. The van der Waals surface area contributed by atoms with E-state index in [1.165, 1.54) is 11.0 Å². The van der Waals surface area contributed by atoms with E-state index in [1.807, 2.05) is 30.3 Å². The van der Waals surface area contributed by atoms with Crippen LogP contribution in [-0.4, -0.2) is 40.9 Å². The van der Waals surface area contributed by atoms with Crippen molar-refractivity contribution in [2.24, 2.45) is 0 Å². The molecular weight excluding hydrogens is 468 g/mol. The second kappa shape index (κ2) is 9.68. The summed E-state index contributed by atoms with van der Waals surface area (Å²) >= 11 is 6.21. The minimum absolute atomic E-state index is 0.186. The van der Waals surface area contributed by atoms with E-state index >= 15 is 0 Å². The Labute approximate surface area is 208 Å². The molecule has 2 aromatic carbocycles. The molecule has 1 aliphatic heterocycles. The van der Waals surface area contributed by atoms with E-state index in [9.17, 15) is 19.5 Å². The number of esters is 1. The third-order valence-corrected chi connectivity index (χ3v) is 6.61. The molecule has 1 aliphatic rings. The zero-order chi connectivity index (χ0) is 25.3. The van der Waals surface area contributed by atoms with Crippen LogP contribution in [0.15, 0.2) is 48.5 Å². The number of aromatic amines is 1. The Morgan fingerprint density at radius 3 is 2.54 bits per heavy atom. The maximum Gasteiger partial charge on any atom is 0.355 e. The Morgan fingerprint density at radius 1 is 1.14 bits per heavy atom. The first-order chi connectivity index (χ1) is 16.7. The minimum atomic E-state index is -2.08. The quantitative estimate of drug-likeness (QED) is 0.354. The molecule has 3 aromatic rings. The normalized spacial score (nSPS) is 16.9. The van der Waals surface area contributed by atoms with Crippen LogP contribution in [-0.2, 0) is 21.6 Å². The standard InChI is InChI=1S/C27H27ClN2O5/c1-4-35-25(32)24-16(2)23(17(3)29-24)22(31)15-27(34)20-14-19(28)10-11-21(20)30(26(27)33)13-12-18-8-6-5-7-9-18/h5-11,14,29,34H,4,12-13,15H2,1-3H3/t27-/m1/s1. The van der Waals surface area contributed by atoms with Gasteiger partial charge in [-0.1, -0.05) is 41.9 Å². The molecule has 2 heterocycles. The zero-order valence-corrected chi connectivity index (χ0v) is 20.6. The number of nitrogens with zero attached hydrogens (tertiary/aromatic N) is 1. The summed E-state index contributed by atoms with van der Waals surface area (Å²) in [6, 6.07) is 14.6. The van der Waals surface area contributed by atoms with Crippen LogP contribution in [0, 0.1) is 13.8 Å². The van der Waals surface area contributed by atoms with E-state index in [0.29, 0.717) is 40.5 Å². The van der Waals surface area contributed by atoms with Gasteiger partial charge in [-0.3, -0.25) is 9.59 Å². The highest BCUT2D eigenvalue weighted by Gasteiger charge is 2.51. The Hall–Kier alpha value is -3.42. The smallest absolute Gasteiger partial charge is 0.355 e. The van der Waals surface area contributed by atoms with Crippen LogP contribution in [0.4, 0.5) is 5.69 Å². The molecule has 0 saturated heterocycles. The first-order valence-electron chi connectivity index (χ1n) is 11.4. The van der Waals surface area contributed by atoms with Crippen molar-refractivity contribution in [1.82, 2.24) is 4.98 Å². The van der Waals surface area contributed by atoms with Crippen molar-refractivity contribution < 1.29 is 24.2 Å². The average Bonchev–Trinajstić information content (AvgIpc) is 3.23. The molecule has 0 bridgehead atoms. The van der Waals surface area contributed by atoms with Crippen LogP contribution < -0.4 is 4.90 Å². The van der Waals surface area contributed by atoms with Crippen molar-refractivity contribution in [3.05, 3.63) is 87.2 Å². The first-order valence-corrected chi connectivity index (χ1v) is 11.8. The van der Waals surface area contributed by atoms with Gasteiger partial charge in [-0.05, 0) is 56.5 Å². The summed E-state index contributed by atoms with van der Waals surface area (Å²) in [5.41, 5.74) is 1.14. The van der Waals surface area contributed by atoms with Gasteiger partial charge < -0.3 is 19.7 Å². The van der Waals surface area contributed by atoms with Gasteiger partial charge in [0.25, 0.3) is 5.91 Å². The average molecular weight is 495 g/mol. The van der Waals surface area contributed by atoms with Gasteiger partial charge in [-0.25, -0.2) is 4.79 Å². The van der Waals surface area contributed by atoms with Crippen molar-refractivity contribution in [2.45, 2.75) is 39.2 Å². The van der Waals surface area contributed by atoms with E-state index in [1.54, 1.807) is 32.9 Å². The van der Waals surface area contributed by atoms with Gasteiger partial charge in [0.1, 0.15) is 5.69 Å². The number of aliphatic hydroxyl groups is 1. The lowest BCUT2D eigenvalue weighted by molar-refractivity contribution is -0.135. The highest BCUT2D eigenvalue weighted by Crippen LogP contribution is 2.44. The lowest BCUT2D eigenvalue weighted by Crippen LogP contribution is -2.42. The van der Waals surface area contributed by atoms with Crippen molar-refractivity contribution in [3.63, 3.8) is 0 Å². The van der Waals surface area contributed by atoms with Crippen molar-refractivity contribution in [2.75, 3.05) is 18.1 Å². The second-order valence-electron chi connectivity index (χ2n) is 8.66. The fraction of sp³-hybridized carbons (Fsp3) is 0.296. The van der Waals surface area contributed by atoms with Crippen LogP contribution >= 0.6 is 11.6 Å². The lowest BCUT2D eigenvalue weighted by Gasteiger charge is -2.23. The fourth-order valence-electron chi connectivity index (χ4n) is 4.70. The van der Waals surface area contributed by atoms with E-state index in [2.05, 4.69) is 4.98 Å². The van der Waals surface area contributed by atoms with Crippen molar-refractivity contribution >= 4 is 34.9 Å². The molecule has 35 heavy (non-hydrogen) atoms. The van der Waals surface area contributed by atoms with Gasteiger partial charge in [0.15, 0.2) is 11.4 Å². The van der Waals surface area contributed by atoms with Gasteiger partial charge >= 0.3 is 5.97 Å². The first kappa shape index (κ1) is 24.7. The molecule has 4 rings (SSSR count). The number of nitrogens with one attached hydrogen (secondary N) is 1. The predicted octanol–water partition coefficient (Wildman–Crippen LogP) is 4.51. The zero-order valence-electron chi connectivity index (χ0n) is 19.9.